The van der Waals surface area contributed by atoms with Gasteiger partial charge in [-0.05, 0) is 89.6 Å². The number of ether oxygens (including phenoxy) is 1. The fraction of sp³-hybridized carbons (Fsp3) is 0.241. The highest BCUT2D eigenvalue weighted by atomic mass is 79.9. The number of phenolic OH excluding ortho intramolecular Hbond substituents is 1. The minimum Gasteiger partial charge on any atom is -0.506 e. The molecule has 0 aliphatic rings. The molecule has 0 unspecified atom stereocenters. The molecule has 0 bridgehead atoms. The molecular weight excluding hydrogens is 646 g/mol. The molecule has 0 heterocycles. The van der Waals surface area contributed by atoms with Crippen LogP contribution in [0.3, 0.4) is 0 Å². The van der Waals surface area contributed by atoms with Crippen LogP contribution in [0.2, 0.25) is 0 Å². The lowest BCUT2D eigenvalue weighted by Crippen LogP contribution is -2.29. The molecule has 0 fully saturated rings. The van der Waals surface area contributed by atoms with Gasteiger partial charge in [-0.25, -0.2) is 4.79 Å². The summed E-state index contributed by atoms with van der Waals surface area (Å²) in [5, 5.41) is 16.4. The third-order valence-electron chi connectivity index (χ3n) is 6.05. The first-order valence-corrected chi connectivity index (χ1v) is 14.9. The first-order chi connectivity index (χ1) is 18.5. The van der Waals surface area contributed by atoms with Crippen molar-refractivity contribution in [3.8, 4) is 5.75 Å². The van der Waals surface area contributed by atoms with Gasteiger partial charge in [0.15, 0.2) is 0 Å². The standard InChI is InChI=1S/C29H31Br2N3O4S/c1-29(2,15-7-6-10-25(35)34-24-9-5-4-8-23(24)32)27(21-16-18(30)17-22(31)26(21)36)38-28(37)33-19-11-13-20(39-3)14-12-19/h4-6,8-14,16-17,27,36H,7,15,32H2,1-3H3,(H,33,37)(H,34,35)/b10-6+/t27-/m0/s1. The highest BCUT2D eigenvalue weighted by molar-refractivity contribution is 9.11. The van der Waals surface area contributed by atoms with Crippen molar-refractivity contribution in [2.75, 3.05) is 22.6 Å². The van der Waals surface area contributed by atoms with Gasteiger partial charge in [-0.1, -0.05) is 48.0 Å². The number of nitrogens with two attached hydrogens (primary N) is 1. The average molecular weight is 677 g/mol. The molecule has 10 heteroatoms. The number of para-hydroxylation sites is 2. The second kappa shape index (κ2) is 13.9. The van der Waals surface area contributed by atoms with Crippen LogP contribution >= 0.6 is 43.6 Å². The molecule has 3 aromatic rings. The quantitative estimate of drug-likeness (QED) is 0.0973. The lowest BCUT2D eigenvalue weighted by atomic mass is 9.78. The van der Waals surface area contributed by atoms with Crippen molar-refractivity contribution in [2.45, 2.75) is 37.7 Å². The number of rotatable bonds is 10. The van der Waals surface area contributed by atoms with Crippen molar-refractivity contribution < 1.29 is 19.4 Å². The molecule has 3 rings (SSSR count). The van der Waals surface area contributed by atoms with E-state index in [1.807, 2.05) is 32.2 Å². The topological polar surface area (TPSA) is 114 Å². The van der Waals surface area contributed by atoms with E-state index < -0.39 is 17.6 Å². The van der Waals surface area contributed by atoms with Crippen LogP contribution in [-0.2, 0) is 9.53 Å². The maximum atomic E-state index is 13.0. The maximum Gasteiger partial charge on any atom is 0.412 e. The Labute approximate surface area is 249 Å². The third kappa shape index (κ3) is 8.78. The number of allylic oxidation sites excluding steroid dienone is 1. The molecule has 206 valence electrons. The van der Waals surface area contributed by atoms with Gasteiger partial charge in [0, 0.05) is 26.0 Å². The van der Waals surface area contributed by atoms with Gasteiger partial charge in [0.05, 0.1) is 15.8 Å². The smallest absolute Gasteiger partial charge is 0.412 e. The van der Waals surface area contributed by atoms with E-state index in [0.29, 0.717) is 39.9 Å². The summed E-state index contributed by atoms with van der Waals surface area (Å²) in [6.07, 6.45) is 4.83. The number of benzene rings is 3. The number of nitrogen functional groups attached to an aromatic ring is 1. The van der Waals surface area contributed by atoms with Crippen molar-refractivity contribution in [3.05, 3.63) is 87.3 Å². The molecule has 0 aliphatic carbocycles. The number of nitrogens with one attached hydrogen (secondary N) is 2. The fourth-order valence-electron chi connectivity index (χ4n) is 3.92. The number of hydrogen-bond donors (Lipinski definition) is 4. The molecule has 1 atom stereocenters. The Balaban J connectivity index is 1.75. The zero-order valence-corrected chi connectivity index (χ0v) is 25.8. The third-order valence-corrected chi connectivity index (χ3v) is 7.86. The summed E-state index contributed by atoms with van der Waals surface area (Å²) in [6, 6.07) is 17.9. The number of phenols is 1. The highest BCUT2D eigenvalue weighted by Gasteiger charge is 2.36. The monoisotopic (exact) mass is 675 g/mol. The Bertz CT molecular complexity index is 1350. The van der Waals surface area contributed by atoms with Crippen molar-refractivity contribution in [3.63, 3.8) is 0 Å². The van der Waals surface area contributed by atoms with Crippen LogP contribution in [-0.4, -0.2) is 23.4 Å². The molecule has 0 radical (unpaired) electrons. The molecule has 7 nitrogen and oxygen atoms in total. The lowest BCUT2D eigenvalue weighted by molar-refractivity contribution is -0.111. The second-order valence-corrected chi connectivity index (χ2v) is 12.1. The van der Waals surface area contributed by atoms with E-state index in [1.165, 1.54) is 6.08 Å². The van der Waals surface area contributed by atoms with E-state index in [2.05, 4.69) is 42.5 Å². The van der Waals surface area contributed by atoms with Crippen LogP contribution in [0.5, 0.6) is 5.75 Å². The molecule has 5 N–H and O–H groups in total. The number of halogens is 2. The minimum absolute atomic E-state index is 0.0104. The van der Waals surface area contributed by atoms with Gasteiger partial charge in [0.25, 0.3) is 0 Å². The van der Waals surface area contributed by atoms with Gasteiger partial charge in [0.1, 0.15) is 11.9 Å². The molecule has 3 aromatic carbocycles. The summed E-state index contributed by atoms with van der Waals surface area (Å²) in [6.45, 7) is 3.90. The number of aromatic hydroxyl groups is 1. The van der Waals surface area contributed by atoms with E-state index in [0.717, 1.165) is 9.37 Å². The van der Waals surface area contributed by atoms with Gasteiger partial charge < -0.3 is 20.9 Å². The van der Waals surface area contributed by atoms with Crippen LogP contribution in [0.15, 0.2) is 86.7 Å². The molecule has 2 amide bonds. The normalized spacial score (nSPS) is 12.2. The van der Waals surface area contributed by atoms with Crippen LogP contribution in [0, 0.1) is 5.41 Å². The number of hydrogen-bond acceptors (Lipinski definition) is 6. The van der Waals surface area contributed by atoms with Crippen molar-refractivity contribution in [1.29, 1.82) is 0 Å². The average Bonchev–Trinajstić information content (AvgIpc) is 2.89. The molecular formula is C29H31Br2N3O4S. The van der Waals surface area contributed by atoms with E-state index in [4.69, 9.17) is 10.5 Å². The summed E-state index contributed by atoms with van der Waals surface area (Å²) in [5.41, 5.74) is 7.35. The Morgan fingerprint density at radius 3 is 2.46 bits per heavy atom. The van der Waals surface area contributed by atoms with E-state index in [1.54, 1.807) is 66.4 Å². The molecule has 39 heavy (non-hydrogen) atoms. The van der Waals surface area contributed by atoms with Crippen LogP contribution in [0.4, 0.5) is 21.9 Å². The second-order valence-electron chi connectivity index (χ2n) is 9.47. The zero-order valence-electron chi connectivity index (χ0n) is 21.8. The van der Waals surface area contributed by atoms with Gasteiger partial charge in [-0.15, -0.1) is 11.8 Å². The largest absolute Gasteiger partial charge is 0.506 e. The van der Waals surface area contributed by atoms with Gasteiger partial charge >= 0.3 is 6.09 Å². The molecule has 0 aromatic heterocycles. The van der Waals surface area contributed by atoms with Crippen molar-refractivity contribution >= 4 is 72.7 Å². The number of anilines is 3. The summed E-state index contributed by atoms with van der Waals surface area (Å²) >= 11 is 8.45. The SMILES string of the molecule is CSc1ccc(NC(=O)O[C@@H](c2cc(Br)cc(Br)c2O)C(C)(C)CC/C=C/C(=O)Nc2ccccc2N)cc1. The van der Waals surface area contributed by atoms with Crippen molar-refractivity contribution in [1.82, 2.24) is 0 Å². The summed E-state index contributed by atoms with van der Waals surface area (Å²) in [4.78, 5) is 26.4. The number of carbonyl (C=O) groups is 2. The maximum absolute atomic E-state index is 13.0. The molecule has 0 spiro atoms. The first kappa shape index (κ1) is 30.6. The minimum atomic E-state index is -0.803. The van der Waals surface area contributed by atoms with Gasteiger partial charge in [0.2, 0.25) is 5.91 Å². The summed E-state index contributed by atoms with van der Waals surface area (Å²) in [7, 11) is 0. The predicted octanol–water partition coefficient (Wildman–Crippen LogP) is 8.51. The number of thioether (sulfide) groups is 1. The van der Waals surface area contributed by atoms with E-state index in [9.17, 15) is 14.7 Å². The highest BCUT2D eigenvalue weighted by Crippen LogP contribution is 2.46. The summed E-state index contributed by atoms with van der Waals surface area (Å²) < 4.78 is 7.14. The fourth-order valence-corrected chi connectivity index (χ4v) is 5.59. The lowest BCUT2D eigenvalue weighted by Gasteiger charge is -2.34. The number of carbonyl (C=O) groups excluding carboxylic acids is 2. The Morgan fingerprint density at radius 2 is 1.79 bits per heavy atom. The zero-order chi connectivity index (χ0) is 28.6. The summed E-state index contributed by atoms with van der Waals surface area (Å²) in [5.74, 6) is -0.303. The van der Waals surface area contributed by atoms with Crippen LogP contribution in [0.1, 0.15) is 38.4 Å². The molecule has 0 saturated heterocycles. The van der Waals surface area contributed by atoms with Gasteiger partial charge in [-0.3, -0.25) is 10.1 Å². The van der Waals surface area contributed by atoms with E-state index in [-0.39, 0.29) is 11.7 Å². The van der Waals surface area contributed by atoms with E-state index >= 15 is 0 Å². The molecule has 0 saturated carbocycles. The van der Waals surface area contributed by atoms with Crippen LogP contribution < -0.4 is 16.4 Å². The Kier molecular flexibility index (Phi) is 10.9. The van der Waals surface area contributed by atoms with Crippen LogP contribution in [0.25, 0.3) is 0 Å². The molecule has 0 aliphatic heterocycles. The first-order valence-electron chi connectivity index (χ1n) is 12.1. The van der Waals surface area contributed by atoms with Gasteiger partial charge in [-0.2, -0.15) is 0 Å². The Morgan fingerprint density at radius 1 is 1.10 bits per heavy atom. The predicted molar refractivity (Wildman–Crippen MR) is 166 cm³/mol. The Hall–Kier alpha value is -2.95. The van der Waals surface area contributed by atoms with Crippen molar-refractivity contribution in [2.24, 2.45) is 5.41 Å². The number of amides is 2.